The summed E-state index contributed by atoms with van der Waals surface area (Å²) in [4.78, 5) is 2.61. The fraction of sp³-hybridized carbons (Fsp3) is 0.265. The Morgan fingerprint density at radius 3 is 1.51 bits per heavy atom. The van der Waals surface area contributed by atoms with Crippen molar-refractivity contribution in [3.63, 3.8) is 0 Å². The van der Waals surface area contributed by atoms with Gasteiger partial charge in [0, 0.05) is 33.0 Å². The summed E-state index contributed by atoms with van der Waals surface area (Å²) in [6, 6.07) is 51.3. The number of fused-ring (bicyclic) bond motifs is 8. The molecule has 0 amide bonds. The summed E-state index contributed by atoms with van der Waals surface area (Å²) in [6.45, 7) is 4.80. The molecule has 1 aliphatic heterocycles. The Bertz CT molecular complexity index is 2470. The van der Waals surface area contributed by atoms with Gasteiger partial charge >= 0.3 is 0 Å². The molecule has 7 aromatic rings. The molecule has 0 unspecified atom stereocenters. The lowest BCUT2D eigenvalue weighted by molar-refractivity contribution is -0.0419. The normalized spacial score (nSPS) is 24.2. The zero-order chi connectivity index (χ0) is 33.6. The number of benzene rings is 6. The van der Waals surface area contributed by atoms with Gasteiger partial charge in [0.05, 0.1) is 22.4 Å². The Labute approximate surface area is 300 Å². The predicted molar refractivity (Wildman–Crippen MR) is 211 cm³/mol. The predicted octanol–water partition coefficient (Wildman–Crippen LogP) is 12.6. The average Bonchev–Trinajstić information content (AvgIpc) is 3.61. The molecule has 51 heavy (non-hydrogen) atoms. The lowest BCUT2D eigenvalue weighted by Crippen LogP contribution is -2.57. The molecule has 2 heteroatoms. The summed E-state index contributed by atoms with van der Waals surface area (Å²) in [5.74, 6) is 3.35. The maximum absolute atomic E-state index is 2.61. The van der Waals surface area contributed by atoms with Crippen molar-refractivity contribution < 1.29 is 0 Å². The van der Waals surface area contributed by atoms with Crippen molar-refractivity contribution in [1.29, 1.82) is 0 Å². The fourth-order valence-electron chi connectivity index (χ4n) is 12.6. The van der Waals surface area contributed by atoms with Crippen LogP contribution in [0.5, 0.6) is 0 Å². The van der Waals surface area contributed by atoms with E-state index < -0.39 is 0 Å². The van der Waals surface area contributed by atoms with Crippen molar-refractivity contribution in [1.82, 2.24) is 4.57 Å². The average molecular weight is 659 g/mol. The van der Waals surface area contributed by atoms with Gasteiger partial charge < -0.3 is 9.47 Å². The van der Waals surface area contributed by atoms with E-state index in [4.69, 9.17) is 0 Å². The molecule has 4 fully saturated rings. The molecule has 6 aromatic carbocycles. The molecular weight excluding hydrogens is 617 g/mol. The Balaban J connectivity index is 1.05. The minimum atomic E-state index is -0.0787. The number of anilines is 3. The smallest absolute Gasteiger partial charge is 0.0541 e. The van der Waals surface area contributed by atoms with E-state index >= 15 is 0 Å². The molecule has 0 saturated heterocycles. The molecule has 6 aliphatic rings. The molecule has 1 aromatic heterocycles. The van der Waals surface area contributed by atoms with Crippen LogP contribution in [0.1, 0.15) is 68.2 Å². The highest BCUT2D eigenvalue weighted by Crippen LogP contribution is 2.69. The number of hydrogen-bond acceptors (Lipinski definition) is 1. The van der Waals surface area contributed by atoms with Crippen LogP contribution in [0.2, 0.25) is 0 Å². The molecule has 4 bridgehead atoms. The van der Waals surface area contributed by atoms with Crippen molar-refractivity contribution >= 4 is 38.9 Å². The van der Waals surface area contributed by atoms with Crippen LogP contribution in [0.15, 0.2) is 133 Å². The highest BCUT2D eigenvalue weighted by molar-refractivity contribution is 6.09. The van der Waals surface area contributed by atoms with E-state index in [9.17, 15) is 0 Å². The summed E-state index contributed by atoms with van der Waals surface area (Å²) in [5.41, 5.74) is 16.5. The molecule has 5 aliphatic carbocycles. The van der Waals surface area contributed by atoms with Crippen molar-refractivity contribution in [2.45, 2.75) is 56.8 Å². The minimum absolute atomic E-state index is 0.0787. The molecule has 2 nitrogen and oxygen atoms in total. The molecule has 2 heterocycles. The van der Waals surface area contributed by atoms with Crippen LogP contribution in [-0.4, -0.2) is 4.57 Å². The fourth-order valence-corrected chi connectivity index (χ4v) is 12.6. The van der Waals surface area contributed by atoms with Gasteiger partial charge in [-0.2, -0.15) is 0 Å². The van der Waals surface area contributed by atoms with Gasteiger partial charge in [-0.15, -0.1) is 0 Å². The Morgan fingerprint density at radius 2 is 0.941 bits per heavy atom. The van der Waals surface area contributed by atoms with Gasteiger partial charge in [0.25, 0.3) is 0 Å². The highest BCUT2D eigenvalue weighted by Gasteiger charge is 2.61. The largest absolute Gasteiger partial charge is 0.310 e. The third kappa shape index (κ3) is 3.54. The van der Waals surface area contributed by atoms with E-state index in [-0.39, 0.29) is 10.8 Å². The van der Waals surface area contributed by atoms with E-state index in [1.54, 1.807) is 11.1 Å². The van der Waals surface area contributed by atoms with Crippen molar-refractivity contribution in [2.75, 3.05) is 4.90 Å². The van der Waals surface area contributed by atoms with Crippen LogP contribution in [0.4, 0.5) is 17.1 Å². The SMILES string of the molecule is CC1(C)c2ccc(N3c4ccccc4C4(c5ccccc53)C3C[C@H]5C[C@@H](C3)C[C@@H]4C5)cc2-c2cc(-n3c4ccccc4c4ccccc43)ccc21. The first-order valence-corrected chi connectivity index (χ1v) is 19.3. The van der Waals surface area contributed by atoms with E-state index in [1.165, 1.54) is 98.9 Å². The summed E-state index contributed by atoms with van der Waals surface area (Å²) >= 11 is 0. The Hall–Kier alpha value is -5.08. The molecule has 0 N–H and O–H groups in total. The van der Waals surface area contributed by atoms with E-state index in [2.05, 4.69) is 157 Å². The lowest BCUT2D eigenvalue weighted by Gasteiger charge is -2.64. The third-order valence-corrected chi connectivity index (χ3v) is 14.3. The van der Waals surface area contributed by atoms with Crippen molar-refractivity contribution in [3.8, 4) is 16.8 Å². The number of para-hydroxylation sites is 4. The van der Waals surface area contributed by atoms with Gasteiger partial charge in [0.15, 0.2) is 0 Å². The first kappa shape index (κ1) is 28.6. The highest BCUT2D eigenvalue weighted by atomic mass is 15.2. The van der Waals surface area contributed by atoms with E-state index in [0.717, 1.165) is 23.7 Å². The van der Waals surface area contributed by atoms with E-state index in [1.807, 2.05) is 0 Å². The van der Waals surface area contributed by atoms with Gasteiger partial charge in [-0.3, -0.25) is 0 Å². The summed E-state index contributed by atoms with van der Waals surface area (Å²) < 4.78 is 2.46. The number of hydrogen-bond donors (Lipinski definition) is 0. The van der Waals surface area contributed by atoms with Gasteiger partial charge in [0.1, 0.15) is 0 Å². The summed E-state index contributed by atoms with van der Waals surface area (Å²) in [5, 5.41) is 2.60. The molecule has 0 radical (unpaired) electrons. The Morgan fingerprint density at radius 1 is 0.471 bits per heavy atom. The second-order valence-corrected chi connectivity index (χ2v) is 17.0. The molecule has 13 rings (SSSR count). The topological polar surface area (TPSA) is 8.17 Å². The summed E-state index contributed by atoms with van der Waals surface area (Å²) in [7, 11) is 0. The van der Waals surface area contributed by atoms with Crippen LogP contribution < -0.4 is 4.90 Å². The van der Waals surface area contributed by atoms with Crippen LogP contribution in [0.3, 0.4) is 0 Å². The van der Waals surface area contributed by atoms with Crippen molar-refractivity contribution in [2.24, 2.45) is 23.7 Å². The first-order valence-electron chi connectivity index (χ1n) is 19.3. The number of nitrogens with zero attached hydrogens (tertiary/aromatic N) is 2. The zero-order valence-corrected chi connectivity index (χ0v) is 29.4. The second-order valence-electron chi connectivity index (χ2n) is 17.0. The monoisotopic (exact) mass is 658 g/mol. The molecule has 248 valence electrons. The zero-order valence-electron chi connectivity index (χ0n) is 29.4. The van der Waals surface area contributed by atoms with Crippen LogP contribution in [0, 0.1) is 23.7 Å². The molecule has 4 saturated carbocycles. The molecular formula is C49H42N2. The van der Waals surface area contributed by atoms with Crippen LogP contribution >= 0.6 is 0 Å². The Kier molecular flexibility index (Phi) is 5.51. The van der Waals surface area contributed by atoms with Gasteiger partial charge in [-0.05, 0) is 138 Å². The minimum Gasteiger partial charge on any atom is -0.310 e. The molecule has 0 atom stereocenters. The summed E-state index contributed by atoms with van der Waals surface area (Å²) in [6.07, 6.45) is 7.07. The quantitative estimate of drug-likeness (QED) is 0.179. The standard InChI is InChI=1S/C49H42N2/c1-48(2)40-21-19-34(50-44-15-7-3-11-36(44)37-12-4-8-16-45(37)50)28-38(40)39-29-35(20-22-41(39)48)51-46-17-9-5-13-42(46)49(43-14-6-10-18-47(43)51)32-24-30-23-31(26-32)27-33(49)25-30/h3-22,28-33H,23-27H2,1-2H3/t30-,31+,32-,33?. The van der Waals surface area contributed by atoms with Crippen LogP contribution in [0.25, 0.3) is 38.6 Å². The van der Waals surface area contributed by atoms with Gasteiger partial charge in [-0.25, -0.2) is 0 Å². The maximum atomic E-state index is 2.61. The van der Waals surface area contributed by atoms with E-state index in [0.29, 0.717) is 0 Å². The first-order chi connectivity index (χ1) is 25.0. The van der Waals surface area contributed by atoms with Crippen LogP contribution in [-0.2, 0) is 10.8 Å². The third-order valence-electron chi connectivity index (χ3n) is 14.3. The second kappa shape index (κ2) is 9.82. The number of aromatic nitrogens is 1. The van der Waals surface area contributed by atoms with Crippen molar-refractivity contribution in [3.05, 3.63) is 156 Å². The molecule has 1 spiro atoms. The van der Waals surface area contributed by atoms with Gasteiger partial charge in [0.2, 0.25) is 0 Å². The number of rotatable bonds is 2. The lowest BCUT2D eigenvalue weighted by atomic mass is 9.41. The van der Waals surface area contributed by atoms with Gasteiger partial charge in [-0.1, -0.05) is 98.8 Å². The maximum Gasteiger partial charge on any atom is 0.0541 e.